The molecule has 0 unspecified atom stereocenters. The second kappa shape index (κ2) is 7.48. The van der Waals surface area contributed by atoms with E-state index in [1.807, 2.05) is 29.2 Å². The number of aryl methyl sites for hydroxylation is 2. The van der Waals surface area contributed by atoms with Crippen LogP contribution in [0.3, 0.4) is 0 Å². The Labute approximate surface area is 147 Å². The number of aromatic nitrogens is 3. The van der Waals surface area contributed by atoms with Gasteiger partial charge in [-0.2, -0.15) is 5.21 Å². The fourth-order valence-electron chi connectivity index (χ4n) is 2.89. The van der Waals surface area contributed by atoms with E-state index in [4.69, 9.17) is 0 Å². The zero-order chi connectivity index (χ0) is 17.8. The standard InChI is InChI=1S/C18H24N6O/c1-4-7-23-8-10-24(11-9-23)18(25)16-17(21-22-20-16)19-15-6-5-13(2)14(3)12-15/h4-6,12H,1,7-11H2,2-3H3,(H2,19,20,21,22). The van der Waals surface area contributed by atoms with Crippen LogP contribution in [-0.4, -0.2) is 63.8 Å². The molecule has 3 rings (SSSR count). The Balaban J connectivity index is 1.69. The highest BCUT2D eigenvalue weighted by atomic mass is 16.2. The number of anilines is 2. The molecule has 132 valence electrons. The maximum absolute atomic E-state index is 12.8. The summed E-state index contributed by atoms with van der Waals surface area (Å²) in [4.78, 5) is 16.9. The van der Waals surface area contributed by atoms with Gasteiger partial charge < -0.3 is 10.2 Å². The highest BCUT2D eigenvalue weighted by molar-refractivity contribution is 5.97. The number of carbonyl (C=O) groups excluding carboxylic acids is 1. The van der Waals surface area contributed by atoms with Crippen LogP contribution in [0.5, 0.6) is 0 Å². The van der Waals surface area contributed by atoms with Gasteiger partial charge in [-0.1, -0.05) is 12.1 Å². The van der Waals surface area contributed by atoms with E-state index in [-0.39, 0.29) is 5.91 Å². The first-order valence-corrected chi connectivity index (χ1v) is 8.46. The summed E-state index contributed by atoms with van der Waals surface area (Å²) in [5.41, 5.74) is 3.62. The Morgan fingerprint density at radius 1 is 1.24 bits per heavy atom. The van der Waals surface area contributed by atoms with Crippen LogP contribution >= 0.6 is 0 Å². The Morgan fingerprint density at radius 2 is 2.00 bits per heavy atom. The first kappa shape index (κ1) is 17.2. The molecule has 0 bridgehead atoms. The van der Waals surface area contributed by atoms with E-state index < -0.39 is 0 Å². The maximum Gasteiger partial charge on any atom is 0.278 e. The Morgan fingerprint density at radius 3 is 2.68 bits per heavy atom. The lowest BCUT2D eigenvalue weighted by Gasteiger charge is -2.33. The summed E-state index contributed by atoms with van der Waals surface area (Å²) in [6.07, 6.45) is 1.89. The summed E-state index contributed by atoms with van der Waals surface area (Å²) in [5.74, 6) is 0.361. The number of rotatable bonds is 5. The van der Waals surface area contributed by atoms with Crippen molar-refractivity contribution >= 4 is 17.4 Å². The first-order valence-electron chi connectivity index (χ1n) is 8.46. The van der Waals surface area contributed by atoms with E-state index in [0.29, 0.717) is 24.6 Å². The van der Waals surface area contributed by atoms with Gasteiger partial charge in [-0.15, -0.1) is 16.8 Å². The van der Waals surface area contributed by atoms with Crippen LogP contribution in [0.25, 0.3) is 0 Å². The molecule has 1 fully saturated rings. The third-order valence-electron chi connectivity index (χ3n) is 4.57. The Bertz CT molecular complexity index is 761. The molecule has 0 radical (unpaired) electrons. The predicted octanol–water partition coefficient (Wildman–Crippen LogP) is 2.11. The van der Waals surface area contributed by atoms with E-state index in [1.54, 1.807) is 0 Å². The third-order valence-corrected chi connectivity index (χ3v) is 4.57. The summed E-state index contributed by atoms with van der Waals surface area (Å²) in [7, 11) is 0. The van der Waals surface area contributed by atoms with Crippen LogP contribution in [0.2, 0.25) is 0 Å². The zero-order valence-corrected chi connectivity index (χ0v) is 14.7. The van der Waals surface area contributed by atoms with Crippen molar-refractivity contribution in [1.82, 2.24) is 25.2 Å². The van der Waals surface area contributed by atoms with Crippen molar-refractivity contribution < 1.29 is 4.79 Å². The number of H-pyrrole nitrogens is 1. The lowest BCUT2D eigenvalue weighted by molar-refractivity contribution is 0.0645. The van der Waals surface area contributed by atoms with Crippen molar-refractivity contribution in [3.63, 3.8) is 0 Å². The van der Waals surface area contributed by atoms with Gasteiger partial charge in [0.2, 0.25) is 0 Å². The summed E-state index contributed by atoms with van der Waals surface area (Å²) in [5, 5.41) is 13.9. The number of nitrogens with zero attached hydrogens (tertiary/aromatic N) is 4. The van der Waals surface area contributed by atoms with Gasteiger partial charge in [-0.25, -0.2) is 0 Å². The first-order chi connectivity index (χ1) is 12.1. The second-order valence-electron chi connectivity index (χ2n) is 6.33. The smallest absolute Gasteiger partial charge is 0.278 e. The number of benzene rings is 1. The summed E-state index contributed by atoms with van der Waals surface area (Å²) in [6.45, 7) is 11.8. The van der Waals surface area contributed by atoms with Gasteiger partial charge >= 0.3 is 0 Å². The predicted molar refractivity (Wildman–Crippen MR) is 98.1 cm³/mol. The van der Waals surface area contributed by atoms with Crippen molar-refractivity contribution in [2.45, 2.75) is 13.8 Å². The maximum atomic E-state index is 12.8. The number of carbonyl (C=O) groups is 1. The molecule has 7 nitrogen and oxygen atoms in total. The molecule has 2 heterocycles. The van der Waals surface area contributed by atoms with Gasteiger partial charge in [0.15, 0.2) is 11.5 Å². The molecule has 2 aromatic rings. The average molecular weight is 340 g/mol. The molecule has 1 amide bonds. The number of aromatic amines is 1. The minimum Gasteiger partial charge on any atom is -0.337 e. The monoisotopic (exact) mass is 340 g/mol. The zero-order valence-electron chi connectivity index (χ0n) is 14.7. The number of hydrogen-bond acceptors (Lipinski definition) is 5. The van der Waals surface area contributed by atoms with E-state index in [0.717, 1.165) is 25.3 Å². The molecule has 0 spiro atoms. The molecule has 0 saturated carbocycles. The average Bonchev–Trinajstić information content (AvgIpc) is 3.06. The molecule has 1 aromatic heterocycles. The number of nitrogens with one attached hydrogen (secondary N) is 2. The van der Waals surface area contributed by atoms with Crippen LogP contribution in [-0.2, 0) is 0 Å². The largest absolute Gasteiger partial charge is 0.337 e. The highest BCUT2D eigenvalue weighted by Crippen LogP contribution is 2.21. The van der Waals surface area contributed by atoms with Crippen molar-refractivity contribution in [3.8, 4) is 0 Å². The molecule has 1 aliphatic heterocycles. The quantitative estimate of drug-likeness (QED) is 0.815. The van der Waals surface area contributed by atoms with Gasteiger partial charge in [-0.05, 0) is 37.1 Å². The van der Waals surface area contributed by atoms with E-state index in [1.165, 1.54) is 11.1 Å². The fraction of sp³-hybridized carbons (Fsp3) is 0.389. The van der Waals surface area contributed by atoms with Gasteiger partial charge in [0.25, 0.3) is 5.91 Å². The lowest BCUT2D eigenvalue weighted by Crippen LogP contribution is -2.48. The summed E-state index contributed by atoms with van der Waals surface area (Å²) >= 11 is 0. The minimum atomic E-state index is -0.0988. The number of hydrogen-bond donors (Lipinski definition) is 2. The molecule has 1 aromatic carbocycles. The highest BCUT2D eigenvalue weighted by Gasteiger charge is 2.26. The van der Waals surface area contributed by atoms with Crippen LogP contribution < -0.4 is 5.32 Å². The molecular formula is C18H24N6O. The topological polar surface area (TPSA) is 77.2 Å². The molecule has 25 heavy (non-hydrogen) atoms. The van der Waals surface area contributed by atoms with E-state index in [2.05, 4.69) is 46.1 Å². The van der Waals surface area contributed by atoms with Crippen molar-refractivity contribution in [2.24, 2.45) is 0 Å². The van der Waals surface area contributed by atoms with Crippen LogP contribution in [0.1, 0.15) is 21.6 Å². The SMILES string of the molecule is C=CCN1CCN(C(=O)c2n[nH]nc2Nc2ccc(C)c(C)c2)CC1. The second-order valence-corrected chi connectivity index (χ2v) is 6.33. The number of piperazine rings is 1. The normalized spacial score (nSPS) is 15.2. The minimum absolute atomic E-state index is 0.0988. The van der Waals surface area contributed by atoms with Gasteiger partial charge in [0.05, 0.1) is 0 Å². The molecule has 0 aliphatic carbocycles. The van der Waals surface area contributed by atoms with Crippen molar-refractivity contribution in [3.05, 3.63) is 47.7 Å². The molecule has 2 N–H and O–H groups in total. The van der Waals surface area contributed by atoms with E-state index >= 15 is 0 Å². The van der Waals surface area contributed by atoms with Crippen LogP contribution in [0, 0.1) is 13.8 Å². The molecule has 7 heteroatoms. The Kier molecular flexibility index (Phi) is 5.14. The fourth-order valence-corrected chi connectivity index (χ4v) is 2.89. The molecule has 0 atom stereocenters. The van der Waals surface area contributed by atoms with Crippen molar-refractivity contribution in [1.29, 1.82) is 0 Å². The number of amides is 1. The third kappa shape index (κ3) is 3.88. The van der Waals surface area contributed by atoms with Crippen LogP contribution in [0.4, 0.5) is 11.5 Å². The van der Waals surface area contributed by atoms with Gasteiger partial charge in [-0.3, -0.25) is 9.69 Å². The van der Waals surface area contributed by atoms with E-state index in [9.17, 15) is 4.79 Å². The molecule has 1 saturated heterocycles. The molecule has 1 aliphatic rings. The Hall–Kier alpha value is -2.67. The van der Waals surface area contributed by atoms with Gasteiger partial charge in [0, 0.05) is 38.4 Å². The summed E-state index contributed by atoms with van der Waals surface area (Å²) < 4.78 is 0. The van der Waals surface area contributed by atoms with Crippen molar-refractivity contribution in [2.75, 3.05) is 38.0 Å². The summed E-state index contributed by atoms with van der Waals surface area (Å²) in [6, 6.07) is 6.05. The molecular weight excluding hydrogens is 316 g/mol. The van der Waals surface area contributed by atoms with Gasteiger partial charge in [0.1, 0.15) is 0 Å². The lowest BCUT2D eigenvalue weighted by atomic mass is 10.1. The van der Waals surface area contributed by atoms with Crippen LogP contribution in [0.15, 0.2) is 30.9 Å².